The van der Waals surface area contributed by atoms with Crippen molar-refractivity contribution in [2.45, 2.75) is 104 Å². The topological polar surface area (TPSA) is 68.2 Å². The standard InChI is InChI=1S/C34H47NO5/c1-6-8-9-12-23-13-10-14-24(17-23)18-25-19-26(28(36)7-2)35-16-11-15-29-30(27(35)20-25)21(3)32(39-29)33-31(38-5)22(4)34(37)40-33/h10,13-15,17,21,25-28,30,36H,6-9,11-12,16,18-20H2,1-5H3. The molecular formula is C34H47NO5. The molecule has 0 spiro atoms. The lowest BCUT2D eigenvalue weighted by atomic mass is 9.73. The lowest BCUT2D eigenvalue weighted by molar-refractivity contribution is -0.133. The molecule has 4 aliphatic rings. The summed E-state index contributed by atoms with van der Waals surface area (Å²) in [4.78, 5) is 15.0. The summed E-state index contributed by atoms with van der Waals surface area (Å²) in [5.74, 6) is 2.82. The molecule has 6 heteroatoms. The Hall–Kier alpha value is -2.57. The van der Waals surface area contributed by atoms with Crippen LogP contribution in [-0.2, 0) is 31.8 Å². The van der Waals surface area contributed by atoms with Gasteiger partial charge in [-0.25, -0.2) is 4.79 Å². The summed E-state index contributed by atoms with van der Waals surface area (Å²) in [6.07, 6.45) is 11.5. The molecule has 6 atom stereocenters. The molecule has 0 radical (unpaired) electrons. The molecule has 0 amide bonds. The highest BCUT2D eigenvalue weighted by atomic mass is 16.6. The number of ether oxygens (including phenoxy) is 3. The number of benzene rings is 1. The summed E-state index contributed by atoms with van der Waals surface area (Å²) in [6.45, 7) is 9.17. The van der Waals surface area contributed by atoms with Gasteiger partial charge in [0, 0.05) is 30.5 Å². The van der Waals surface area contributed by atoms with Crippen LogP contribution in [0.1, 0.15) is 83.8 Å². The molecule has 6 unspecified atom stereocenters. The van der Waals surface area contributed by atoms with Crippen molar-refractivity contribution in [1.82, 2.24) is 4.90 Å². The van der Waals surface area contributed by atoms with Crippen molar-refractivity contribution < 1.29 is 24.1 Å². The van der Waals surface area contributed by atoms with E-state index in [0.29, 0.717) is 28.8 Å². The Labute approximate surface area is 240 Å². The molecule has 0 bridgehead atoms. The van der Waals surface area contributed by atoms with Crippen LogP contribution in [0.25, 0.3) is 0 Å². The van der Waals surface area contributed by atoms with Gasteiger partial charge < -0.3 is 19.3 Å². The number of carbonyl (C=O) groups excluding carboxylic acids is 1. The molecule has 40 heavy (non-hydrogen) atoms. The highest BCUT2D eigenvalue weighted by molar-refractivity contribution is 5.93. The quantitative estimate of drug-likeness (QED) is 0.282. The third-order valence-electron chi connectivity index (χ3n) is 9.58. The zero-order valence-corrected chi connectivity index (χ0v) is 24.9. The number of aliphatic hydroxyl groups is 1. The van der Waals surface area contributed by atoms with Crippen molar-refractivity contribution in [1.29, 1.82) is 0 Å². The first-order chi connectivity index (χ1) is 19.4. The normalized spacial score (nSPS) is 31.2. The van der Waals surface area contributed by atoms with E-state index in [-0.39, 0.29) is 36.0 Å². The number of aryl methyl sites for hydroxylation is 1. The zero-order valence-electron chi connectivity index (χ0n) is 24.9. The van der Waals surface area contributed by atoms with Crippen LogP contribution in [0.15, 0.2) is 59.0 Å². The minimum Gasteiger partial charge on any atom is -0.492 e. The molecule has 1 aromatic carbocycles. The molecule has 2 saturated heterocycles. The molecular weight excluding hydrogens is 502 g/mol. The lowest BCUT2D eigenvalue weighted by Gasteiger charge is -2.49. The summed E-state index contributed by atoms with van der Waals surface area (Å²) in [5.41, 5.74) is 3.32. The van der Waals surface area contributed by atoms with Crippen molar-refractivity contribution in [2.75, 3.05) is 13.7 Å². The van der Waals surface area contributed by atoms with Gasteiger partial charge in [0.15, 0.2) is 11.5 Å². The molecule has 1 aromatic rings. The summed E-state index contributed by atoms with van der Waals surface area (Å²) in [5, 5.41) is 11.2. The van der Waals surface area contributed by atoms with Gasteiger partial charge in [-0.15, -0.1) is 0 Å². The van der Waals surface area contributed by atoms with E-state index in [1.165, 1.54) is 30.4 Å². The minimum absolute atomic E-state index is 0.0239. The average molecular weight is 550 g/mol. The second kappa shape index (κ2) is 12.5. The number of hydrogen-bond donors (Lipinski definition) is 1. The molecule has 2 fully saturated rings. The van der Waals surface area contributed by atoms with Gasteiger partial charge in [-0.05, 0) is 75.0 Å². The first-order valence-electron chi connectivity index (χ1n) is 15.5. The summed E-state index contributed by atoms with van der Waals surface area (Å²) < 4.78 is 17.8. The fourth-order valence-corrected chi connectivity index (χ4v) is 7.52. The molecule has 1 N–H and O–H groups in total. The molecule has 4 aliphatic heterocycles. The minimum atomic E-state index is -0.376. The molecule has 6 nitrogen and oxygen atoms in total. The van der Waals surface area contributed by atoms with Gasteiger partial charge in [0.05, 0.1) is 18.8 Å². The Kier molecular flexibility index (Phi) is 9.06. The van der Waals surface area contributed by atoms with Gasteiger partial charge in [-0.2, -0.15) is 0 Å². The van der Waals surface area contributed by atoms with E-state index in [0.717, 1.165) is 50.8 Å². The Morgan fingerprint density at radius 3 is 2.70 bits per heavy atom. The highest BCUT2D eigenvalue weighted by Crippen LogP contribution is 2.50. The van der Waals surface area contributed by atoms with Gasteiger partial charge in [-0.3, -0.25) is 4.90 Å². The second-order valence-electron chi connectivity index (χ2n) is 12.2. The second-order valence-corrected chi connectivity index (χ2v) is 12.2. The van der Waals surface area contributed by atoms with Crippen molar-refractivity contribution in [3.63, 3.8) is 0 Å². The number of nitrogens with zero attached hydrogens (tertiary/aromatic N) is 1. The van der Waals surface area contributed by atoms with E-state index in [1.54, 1.807) is 14.0 Å². The number of rotatable bonds is 9. The highest BCUT2D eigenvalue weighted by Gasteiger charge is 2.51. The zero-order chi connectivity index (χ0) is 28.4. The molecule has 0 aliphatic carbocycles. The summed E-state index contributed by atoms with van der Waals surface area (Å²) in [7, 11) is 1.57. The van der Waals surface area contributed by atoms with Gasteiger partial charge >= 0.3 is 5.97 Å². The molecule has 218 valence electrons. The van der Waals surface area contributed by atoms with Gasteiger partial charge in [0.25, 0.3) is 0 Å². The van der Waals surface area contributed by atoms with E-state index in [1.807, 2.05) is 0 Å². The van der Waals surface area contributed by atoms with E-state index in [2.05, 4.69) is 56.0 Å². The predicted octanol–water partition coefficient (Wildman–Crippen LogP) is 6.44. The predicted molar refractivity (Wildman–Crippen MR) is 156 cm³/mol. The number of cyclic esters (lactones) is 1. The van der Waals surface area contributed by atoms with Gasteiger partial charge in [0.2, 0.25) is 5.76 Å². The lowest BCUT2D eigenvalue weighted by Crippen LogP contribution is -2.56. The average Bonchev–Trinajstić information content (AvgIpc) is 3.35. The fourth-order valence-electron chi connectivity index (χ4n) is 7.52. The third-order valence-corrected chi connectivity index (χ3v) is 9.58. The maximum atomic E-state index is 12.4. The van der Waals surface area contributed by atoms with E-state index in [4.69, 9.17) is 14.2 Å². The van der Waals surface area contributed by atoms with Crippen LogP contribution in [0.4, 0.5) is 0 Å². The molecule has 0 saturated carbocycles. The number of methoxy groups -OCH3 is 1. The van der Waals surface area contributed by atoms with Crippen molar-refractivity contribution in [3.8, 4) is 0 Å². The summed E-state index contributed by atoms with van der Waals surface area (Å²) in [6, 6.07) is 9.53. The number of piperidine rings is 1. The molecule has 4 heterocycles. The Bertz CT molecular complexity index is 1180. The van der Waals surface area contributed by atoms with Crippen molar-refractivity contribution in [3.05, 3.63) is 70.1 Å². The van der Waals surface area contributed by atoms with E-state index in [9.17, 15) is 9.90 Å². The van der Waals surface area contributed by atoms with E-state index < -0.39 is 0 Å². The largest absolute Gasteiger partial charge is 0.492 e. The van der Waals surface area contributed by atoms with E-state index >= 15 is 0 Å². The number of esters is 1. The number of hydrogen-bond acceptors (Lipinski definition) is 6. The number of allylic oxidation sites excluding steroid dienone is 1. The third kappa shape index (κ3) is 5.62. The van der Waals surface area contributed by atoms with Crippen LogP contribution in [-0.4, -0.2) is 47.8 Å². The van der Waals surface area contributed by atoms with Crippen LogP contribution in [0.2, 0.25) is 0 Å². The molecule has 0 aromatic heterocycles. The first kappa shape index (κ1) is 28.9. The van der Waals surface area contributed by atoms with Crippen LogP contribution in [0.3, 0.4) is 0 Å². The van der Waals surface area contributed by atoms with Crippen LogP contribution < -0.4 is 0 Å². The SMILES string of the molecule is CCCCCc1cccc(CC2CC(C(O)CC)N3CCC=C4OC(=C5OC(=O)C(C)=C5OC)C(C)C4C3C2)c1. The van der Waals surface area contributed by atoms with Crippen LogP contribution in [0, 0.1) is 17.8 Å². The molecule has 5 rings (SSSR count). The maximum absolute atomic E-state index is 12.4. The van der Waals surface area contributed by atoms with Gasteiger partial charge in [-0.1, -0.05) is 57.9 Å². The van der Waals surface area contributed by atoms with Gasteiger partial charge in [0.1, 0.15) is 5.76 Å². The maximum Gasteiger partial charge on any atom is 0.343 e. The Morgan fingerprint density at radius 2 is 1.95 bits per heavy atom. The van der Waals surface area contributed by atoms with Crippen molar-refractivity contribution in [2.24, 2.45) is 17.8 Å². The van der Waals surface area contributed by atoms with Crippen LogP contribution >= 0.6 is 0 Å². The van der Waals surface area contributed by atoms with Crippen LogP contribution in [0.5, 0.6) is 0 Å². The summed E-state index contributed by atoms with van der Waals surface area (Å²) >= 11 is 0. The Balaban J connectivity index is 1.43. The number of aliphatic hydroxyl groups excluding tert-OH is 1. The Morgan fingerprint density at radius 1 is 1.15 bits per heavy atom. The smallest absolute Gasteiger partial charge is 0.343 e. The number of unbranched alkanes of at least 4 members (excludes halogenated alkanes) is 2. The van der Waals surface area contributed by atoms with Crippen molar-refractivity contribution >= 4 is 5.97 Å². The number of carbonyl (C=O) groups is 1. The monoisotopic (exact) mass is 549 g/mol. The number of fused-ring (bicyclic) bond motifs is 3. The fraction of sp³-hybridized carbons (Fsp3) is 0.618. The first-order valence-corrected chi connectivity index (χ1v) is 15.5.